The van der Waals surface area contributed by atoms with Gasteiger partial charge in [-0.15, -0.1) is 23.1 Å². The van der Waals surface area contributed by atoms with E-state index in [1.54, 1.807) is 9.77 Å². The number of hydrogen-bond donors (Lipinski definition) is 0. The first-order valence-corrected chi connectivity index (χ1v) is 8.50. The van der Waals surface area contributed by atoms with Gasteiger partial charge in [0, 0.05) is 18.3 Å². The Kier molecular flexibility index (Phi) is 4.95. The second-order valence-electron chi connectivity index (χ2n) is 5.29. The molecule has 1 aromatic heterocycles. The smallest absolute Gasteiger partial charge is 0.0631 e. The minimum atomic E-state index is 0.754. The molecule has 1 aliphatic rings. The number of fused-ring (bicyclic) bond motifs is 1. The van der Waals surface area contributed by atoms with Crippen molar-refractivity contribution >= 4 is 23.1 Å². The molecule has 1 atom stereocenters. The van der Waals surface area contributed by atoms with E-state index in [-0.39, 0.29) is 0 Å². The molecule has 0 saturated carbocycles. The van der Waals surface area contributed by atoms with Crippen LogP contribution in [-0.4, -0.2) is 29.8 Å². The van der Waals surface area contributed by atoms with Crippen molar-refractivity contribution in [3.8, 4) is 0 Å². The van der Waals surface area contributed by atoms with Gasteiger partial charge in [0.15, 0.2) is 0 Å². The largest absolute Gasteiger partial charge is 0.299 e. The fourth-order valence-corrected chi connectivity index (χ4v) is 4.81. The minimum Gasteiger partial charge on any atom is -0.299 e. The van der Waals surface area contributed by atoms with Crippen molar-refractivity contribution in [2.75, 3.05) is 18.8 Å². The van der Waals surface area contributed by atoms with Crippen LogP contribution in [0.4, 0.5) is 0 Å². The zero-order chi connectivity index (χ0) is 12.3. The molecule has 0 radical (unpaired) electrons. The van der Waals surface area contributed by atoms with E-state index in [4.69, 9.17) is 0 Å². The van der Waals surface area contributed by atoms with E-state index in [9.17, 15) is 0 Å². The van der Waals surface area contributed by atoms with Crippen LogP contribution >= 0.6 is 23.1 Å². The Morgan fingerprint density at radius 1 is 1.47 bits per heavy atom. The first kappa shape index (κ1) is 13.4. The quantitative estimate of drug-likeness (QED) is 0.790. The van der Waals surface area contributed by atoms with Gasteiger partial charge in [0.25, 0.3) is 0 Å². The third-order valence-corrected chi connectivity index (χ3v) is 5.66. The maximum absolute atomic E-state index is 2.71. The van der Waals surface area contributed by atoms with Crippen molar-refractivity contribution < 1.29 is 0 Å². The van der Waals surface area contributed by atoms with Crippen LogP contribution in [0.1, 0.15) is 32.8 Å². The maximum Gasteiger partial charge on any atom is 0.0631 e. The molecule has 1 aromatic rings. The van der Waals surface area contributed by atoms with Crippen LogP contribution in [0.5, 0.6) is 0 Å². The third kappa shape index (κ3) is 3.49. The lowest BCUT2D eigenvalue weighted by Crippen LogP contribution is -2.42. The molecule has 96 valence electrons. The number of hydrogen-bond acceptors (Lipinski definition) is 3. The van der Waals surface area contributed by atoms with Crippen molar-refractivity contribution in [3.63, 3.8) is 0 Å². The fourth-order valence-electron chi connectivity index (χ4n) is 2.50. The monoisotopic (exact) mass is 269 g/mol. The number of thioether (sulfide) groups is 1. The Morgan fingerprint density at radius 3 is 3.00 bits per heavy atom. The van der Waals surface area contributed by atoms with Crippen LogP contribution in [0.15, 0.2) is 15.7 Å². The Hall–Kier alpha value is 0.0100. The fraction of sp³-hybridized carbons (Fsp3) is 0.714. The lowest BCUT2D eigenvalue weighted by molar-refractivity contribution is 0.187. The summed E-state index contributed by atoms with van der Waals surface area (Å²) in [6.45, 7) is 9.45. The van der Waals surface area contributed by atoms with E-state index in [0.29, 0.717) is 0 Å². The highest BCUT2D eigenvalue weighted by Gasteiger charge is 2.25. The van der Waals surface area contributed by atoms with Gasteiger partial charge in [-0.3, -0.25) is 4.90 Å². The van der Waals surface area contributed by atoms with Crippen LogP contribution < -0.4 is 0 Å². The van der Waals surface area contributed by atoms with Gasteiger partial charge in [-0.25, -0.2) is 0 Å². The maximum atomic E-state index is 2.71. The molecule has 0 amide bonds. The summed E-state index contributed by atoms with van der Waals surface area (Å²) in [4.78, 5) is 2.71. The third-order valence-electron chi connectivity index (χ3n) is 3.20. The molecule has 0 N–H and O–H groups in total. The van der Waals surface area contributed by atoms with Gasteiger partial charge in [-0.1, -0.05) is 20.8 Å². The predicted molar refractivity (Wildman–Crippen MR) is 79.2 cm³/mol. The normalized spacial score (nSPS) is 19.9. The molecule has 1 aliphatic heterocycles. The first-order valence-electron chi connectivity index (χ1n) is 6.64. The topological polar surface area (TPSA) is 3.24 Å². The highest BCUT2D eigenvalue weighted by Crippen LogP contribution is 2.36. The van der Waals surface area contributed by atoms with E-state index < -0.39 is 0 Å². The lowest BCUT2D eigenvalue weighted by Gasteiger charge is -2.34. The zero-order valence-electron chi connectivity index (χ0n) is 11.1. The van der Waals surface area contributed by atoms with E-state index in [1.165, 1.54) is 31.7 Å². The van der Waals surface area contributed by atoms with Crippen molar-refractivity contribution in [2.45, 2.75) is 43.9 Å². The molecule has 0 aliphatic carbocycles. The van der Waals surface area contributed by atoms with E-state index in [2.05, 4.69) is 48.9 Å². The molecular weight excluding hydrogens is 246 g/mol. The molecule has 0 saturated heterocycles. The van der Waals surface area contributed by atoms with E-state index >= 15 is 0 Å². The van der Waals surface area contributed by atoms with Gasteiger partial charge < -0.3 is 0 Å². The van der Waals surface area contributed by atoms with Crippen LogP contribution in [0.3, 0.4) is 0 Å². The van der Waals surface area contributed by atoms with E-state index in [1.807, 2.05) is 11.3 Å². The molecule has 2 heterocycles. The summed E-state index contributed by atoms with van der Waals surface area (Å²) in [5.41, 5.74) is 1.58. The molecule has 0 bridgehead atoms. The number of thiophene rings is 1. The number of rotatable bonds is 5. The van der Waals surface area contributed by atoms with Crippen molar-refractivity contribution in [1.29, 1.82) is 0 Å². The summed E-state index contributed by atoms with van der Waals surface area (Å²) in [6, 6.07) is 3.07. The summed E-state index contributed by atoms with van der Waals surface area (Å²) >= 11 is 3.97. The lowest BCUT2D eigenvalue weighted by atomic mass is 10.1. The highest BCUT2D eigenvalue weighted by atomic mass is 32.2. The zero-order valence-corrected chi connectivity index (χ0v) is 12.7. The molecule has 0 fully saturated rings. The van der Waals surface area contributed by atoms with Crippen molar-refractivity contribution in [3.05, 3.63) is 17.0 Å². The van der Waals surface area contributed by atoms with Crippen molar-refractivity contribution in [1.82, 2.24) is 4.90 Å². The second-order valence-corrected chi connectivity index (χ2v) is 7.50. The second kappa shape index (κ2) is 6.26. The van der Waals surface area contributed by atoms with Gasteiger partial charge in [-0.2, -0.15) is 0 Å². The molecule has 0 spiro atoms. The van der Waals surface area contributed by atoms with E-state index in [0.717, 1.165) is 12.0 Å². The summed E-state index contributed by atoms with van der Waals surface area (Å²) in [5, 5.41) is 2.24. The number of nitrogens with zero attached hydrogens (tertiary/aromatic N) is 1. The Morgan fingerprint density at radius 2 is 2.29 bits per heavy atom. The molecule has 2 rings (SSSR count). The first-order chi connectivity index (χ1) is 8.20. The summed E-state index contributed by atoms with van der Waals surface area (Å²) in [6.07, 6.45) is 2.53. The predicted octanol–water partition coefficient (Wildman–Crippen LogP) is 4.13. The molecular formula is C14H23NS2. The highest BCUT2D eigenvalue weighted by molar-refractivity contribution is 8.01. The molecule has 1 unspecified atom stereocenters. The van der Waals surface area contributed by atoms with Gasteiger partial charge >= 0.3 is 0 Å². The summed E-state index contributed by atoms with van der Waals surface area (Å²) < 4.78 is 1.56. The average Bonchev–Trinajstić information content (AvgIpc) is 2.74. The molecule has 1 nitrogen and oxygen atoms in total. The Bertz CT molecular complexity index is 346. The Balaban J connectivity index is 2.01. The summed E-state index contributed by atoms with van der Waals surface area (Å²) in [7, 11) is 0. The Labute approximate surface area is 114 Å². The average molecular weight is 269 g/mol. The van der Waals surface area contributed by atoms with Crippen LogP contribution in [0.25, 0.3) is 0 Å². The van der Waals surface area contributed by atoms with Crippen LogP contribution in [0, 0.1) is 5.92 Å². The molecule has 3 heteroatoms. The standard InChI is InChI=1S/C14H23NS2/c1-4-6-15(9-11(2)3)13-8-12-5-7-16-14(12)17-10-13/h5,7,11,13H,4,6,8-10H2,1-3H3. The van der Waals surface area contributed by atoms with Gasteiger partial charge in [-0.05, 0) is 42.3 Å². The summed E-state index contributed by atoms with van der Waals surface area (Å²) in [5.74, 6) is 2.05. The molecule has 17 heavy (non-hydrogen) atoms. The van der Waals surface area contributed by atoms with Gasteiger partial charge in [0.1, 0.15) is 0 Å². The van der Waals surface area contributed by atoms with Gasteiger partial charge in [0.2, 0.25) is 0 Å². The van der Waals surface area contributed by atoms with Crippen LogP contribution in [-0.2, 0) is 6.42 Å². The minimum absolute atomic E-state index is 0.754. The van der Waals surface area contributed by atoms with Gasteiger partial charge in [0.05, 0.1) is 4.21 Å². The molecule has 0 aromatic carbocycles. The van der Waals surface area contributed by atoms with Crippen molar-refractivity contribution in [2.24, 2.45) is 5.92 Å². The SMILES string of the molecule is CCCN(CC(C)C)C1CSc2sccc2C1. The van der Waals surface area contributed by atoms with Crippen LogP contribution in [0.2, 0.25) is 0 Å².